The van der Waals surface area contributed by atoms with Gasteiger partial charge in [0.25, 0.3) is 0 Å². The Bertz CT molecular complexity index is 797. The molecule has 0 aliphatic carbocycles. The van der Waals surface area contributed by atoms with Gasteiger partial charge in [-0.25, -0.2) is 4.39 Å². The van der Waals surface area contributed by atoms with Gasteiger partial charge in [0.15, 0.2) is 11.5 Å². The van der Waals surface area contributed by atoms with Gasteiger partial charge in [0.1, 0.15) is 5.82 Å². The highest BCUT2D eigenvalue weighted by atomic mass is 32.2. The highest BCUT2D eigenvalue weighted by Gasteiger charge is 2.22. The number of thioether (sulfide) groups is 1. The summed E-state index contributed by atoms with van der Waals surface area (Å²) in [7, 11) is 3.18. The summed E-state index contributed by atoms with van der Waals surface area (Å²) in [5.41, 5.74) is 1.88. The third-order valence-electron chi connectivity index (χ3n) is 4.44. The van der Waals surface area contributed by atoms with E-state index in [0.29, 0.717) is 24.3 Å². The predicted octanol–water partition coefficient (Wildman–Crippen LogP) is 4.13. The minimum absolute atomic E-state index is 0.0353. The van der Waals surface area contributed by atoms with Gasteiger partial charge < -0.3 is 14.8 Å². The number of rotatable bonds is 6. The van der Waals surface area contributed by atoms with Crippen molar-refractivity contribution in [2.24, 2.45) is 0 Å². The second-order valence-electron chi connectivity index (χ2n) is 6.13. The lowest BCUT2D eigenvalue weighted by molar-refractivity contribution is -0.121. The first-order valence-corrected chi connectivity index (χ1v) is 9.52. The third-order valence-corrected chi connectivity index (χ3v) is 5.56. The molecule has 0 aromatic heterocycles. The maximum Gasteiger partial charge on any atom is 0.220 e. The van der Waals surface area contributed by atoms with E-state index in [0.717, 1.165) is 28.2 Å². The molecule has 1 N–H and O–H groups in total. The Kier molecular flexibility index (Phi) is 6.04. The smallest absolute Gasteiger partial charge is 0.220 e. The molecule has 0 fully saturated rings. The number of nitrogens with one attached hydrogen (secondary N) is 1. The molecule has 3 rings (SSSR count). The molecule has 4 nitrogen and oxygen atoms in total. The summed E-state index contributed by atoms with van der Waals surface area (Å²) in [6, 6.07) is 10.3. The Morgan fingerprint density at radius 1 is 1.19 bits per heavy atom. The van der Waals surface area contributed by atoms with E-state index in [4.69, 9.17) is 9.47 Å². The van der Waals surface area contributed by atoms with E-state index < -0.39 is 0 Å². The van der Waals surface area contributed by atoms with Crippen LogP contribution in [-0.4, -0.2) is 25.9 Å². The zero-order valence-electron chi connectivity index (χ0n) is 14.9. The molecule has 1 heterocycles. The van der Waals surface area contributed by atoms with Crippen LogP contribution >= 0.6 is 11.8 Å². The fraction of sp³-hybridized carbons (Fsp3) is 0.350. The molecule has 138 valence electrons. The molecule has 1 aliphatic rings. The SMILES string of the molecule is COc1ccc(CCC(=O)NC2CCSc3ccc(F)cc32)cc1OC. The van der Waals surface area contributed by atoms with Gasteiger partial charge in [0, 0.05) is 17.1 Å². The number of carbonyl (C=O) groups excluding carboxylic acids is 1. The number of methoxy groups -OCH3 is 2. The van der Waals surface area contributed by atoms with E-state index in [9.17, 15) is 9.18 Å². The molecule has 0 spiro atoms. The van der Waals surface area contributed by atoms with Crippen LogP contribution in [0.1, 0.15) is 30.0 Å². The van der Waals surface area contributed by atoms with E-state index in [2.05, 4.69) is 5.32 Å². The number of fused-ring (bicyclic) bond motifs is 1. The molecular formula is C20H22FNO3S. The monoisotopic (exact) mass is 375 g/mol. The van der Waals surface area contributed by atoms with Gasteiger partial charge >= 0.3 is 0 Å². The van der Waals surface area contributed by atoms with Crippen LogP contribution in [0, 0.1) is 5.82 Å². The van der Waals surface area contributed by atoms with Crippen molar-refractivity contribution < 1.29 is 18.7 Å². The fourth-order valence-corrected chi connectivity index (χ4v) is 4.18. The lowest BCUT2D eigenvalue weighted by Gasteiger charge is -2.26. The third kappa shape index (κ3) is 4.30. The molecule has 0 saturated carbocycles. The summed E-state index contributed by atoms with van der Waals surface area (Å²) in [5.74, 6) is 1.93. The molecule has 1 atom stereocenters. The van der Waals surface area contributed by atoms with Crippen LogP contribution in [-0.2, 0) is 11.2 Å². The van der Waals surface area contributed by atoms with Crippen molar-refractivity contribution in [2.75, 3.05) is 20.0 Å². The minimum atomic E-state index is -0.268. The topological polar surface area (TPSA) is 47.6 Å². The Balaban J connectivity index is 1.61. The van der Waals surface area contributed by atoms with Crippen molar-refractivity contribution in [1.82, 2.24) is 5.32 Å². The summed E-state index contributed by atoms with van der Waals surface area (Å²) in [6.45, 7) is 0. The van der Waals surface area contributed by atoms with Gasteiger partial charge in [0.05, 0.1) is 20.3 Å². The Labute approximate surface area is 157 Å². The second-order valence-corrected chi connectivity index (χ2v) is 7.27. The molecule has 2 aromatic rings. The maximum absolute atomic E-state index is 13.6. The normalized spacial score (nSPS) is 15.9. The van der Waals surface area contributed by atoms with Crippen LogP contribution in [0.25, 0.3) is 0 Å². The number of aryl methyl sites for hydroxylation is 1. The Hall–Kier alpha value is -2.21. The molecule has 0 radical (unpaired) electrons. The number of hydrogen-bond donors (Lipinski definition) is 1. The van der Waals surface area contributed by atoms with Crippen LogP contribution < -0.4 is 14.8 Å². The highest BCUT2D eigenvalue weighted by Crippen LogP contribution is 2.36. The lowest BCUT2D eigenvalue weighted by atomic mass is 10.0. The summed E-state index contributed by atoms with van der Waals surface area (Å²) >= 11 is 1.70. The largest absolute Gasteiger partial charge is 0.493 e. The standard InChI is InChI=1S/C20H22FNO3S/c1-24-17-6-3-13(11-18(17)25-2)4-8-20(23)22-16-9-10-26-19-7-5-14(21)12-15(16)19/h3,5-7,11-12,16H,4,8-10H2,1-2H3,(H,22,23). The van der Waals surface area contributed by atoms with E-state index in [1.807, 2.05) is 18.2 Å². The molecule has 26 heavy (non-hydrogen) atoms. The molecule has 1 aliphatic heterocycles. The van der Waals surface area contributed by atoms with E-state index in [-0.39, 0.29) is 17.8 Å². The quantitative estimate of drug-likeness (QED) is 0.825. The molecule has 2 aromatic carbocycles. The molecule has 1 amide bonds. The average Bonchev–Trinajstić information content (AvgIpc) is 2.66. The Morgan fingerprint density at radius 2 is 2.00 bits per heavy atom. The second kappa shape index (κ2) is 8.45. The minimum Gasteiger partial charge on any atom is -0.493 e. The van der Waals surface area contributed by atoms with Gasteiger partial charge in [-0.15, -0.1) is 11.8 Å². The Morgan fingerprint density at radius 3 is 2.77 bits per heavy atom. The number of halogens is 1. The zero-order chi connectivity index (χ0) is 18.5. The van der Waals surface area contributed by atoms with E-state index >= 15 is 0 Å². The van der Waals surface area contributed by atoms with E-state index in [1.54, 1.807) is 32.0 Å². The lowest BCUT2D eigenvalue weighted by Crippen LogP contribution is -2.30. The first kappa shape index (κ1) is 18.6. The number of amides is 1. The maximum atomic E-state index is 13.6. The first-order chi connectivity index (χ1) is 12.6. The molecular weight excluding hydrogens is 353 g/mol. The van der Waals surface area contributed by atoms with Crippen LogP contribution in [0.5, 0.6) is 11.5 Å². The van der Waals surface area contributed by atoms with Gasteiger partial charge in [-0.3, -0.25) is 4.79 Å². The van der Waals surface area contributed by atoms with Crippen LogP contribution in [0.2, 0.25) is 0 Å². The average molecular weight is 375 g/mol. The highest BCUT2D eigenvalue weighted by molar-refractivity contribution is 7.99. The van der Waals surface area contributed by atoms with Crippen molar-refractivity contribution in [3.63, 3.8) is 0 Å². The van der Waals surface area contributed by atoms with Crippen molar-refractivity contribution in [3.05, 3.63) is 53.3 Å². The van der Waals surface area contributed by atoms with Crippen molar-refractivity contribution in [3.8, 4) is 11.5 Å². The van der Waals surface area contributed by atoms with Gasteiger partial charge in [-0.05, 0) is 54.3 Å². The fourth-order valence-electron chi connectivity index (χ4n) is 3.08. The van der Waals surface area contributed by atoms with Crippen LogP contribution in [0.15, 0.2) is 41.3 Å². The summed E-state index contributed by atoms with van der Waals surface area (Å²) < 4.78 is 24.1. The molecule has 0 saturated heterocycles. The number of hydrogen-bond acceptors (Lipinski definition) is 4. The summed E-state index contributed by atoms with van der Waals surface area (Å²) in [4.78, 5) is 13.4. The van der Waals surface area contributed by atoms with Gasteiger partial charge in [-0.2, -0.15) is 0 Å². The molecule has 6 heteroatoms. The summed E-state index contributed by atoms with van der Waals surface area (Å²) in [5, 5.41) is 3.05. The van der Waals surface area contributed by atoms with Crippen molar-refractivity contribution in [2.45, 2.75) is 30.2 Å². The number of ether oxygens (including phenoxy) is 2. The summed E-state index contributed by atoms with van der Waals surface area (Å²) in [6.07, 6.45) is 1.77. The van der Waals surface area contributed by atoms with Gasteiger partial charge in [0.2, 0.25) is 5.91 Å². The van der Waals surface area contributed by atoms with Crippen LogP contribution in [0.4, 0.5) is 4.39 Å². The van der Waals surface area contributed by atoms with Crippen molar-refractivity contribution in [1.29, 1.82) is 0 Å². The van der Waals surface area contributed by atoms with E-state index in [1.165, 1.54) is 12.1 Å². The molecule has 0 bridgehead atoms. The number of benzene rings is 2. The molecule has 1 unspecified atom stereocenters. The van der Waals surface area contributed by atoms with Gasteiger partial charge in [-0.1, -0.05) is 6.07 Å². The first-order valence-electron chi connectivity index (χ1n) is 8.53. The van der Waals surface area contributed by atoms with Crippen molar-refractivity contribution >= 4 is 17.7 Å². The predicted molar refractivity (Wildman–Crippen MR) is 100 cm³/mol. The van der Waals surface area contributed by atoms with Crippen LogP contribution in [0.3, 0.4) is 0 Å². The number of carbonyl (C=O) groups is 1. The zero-order valence-corrected chi connectivity index (χ0v) is 15.7.